The molecule has 1 fully saturated rings. The fourth-order valence-corrected chi connectivity index (χ4v) is 4.79. The lowest BCUT2D eigenvalue weighted by atomic mass is 10.0. The monoisotopic (exact) mass is 474 g/mol. The Morgan fingerprint density at radius 2 is 1.88 bits per heavy atom. The molecule has 32 heavy (non-hydrogen) atoms. The number of nitrogens with zero attached hydrogens (tertiary/aromatic N) is 2. The first-order valence-electron chi connectivity index (χ1n) is 10.5. The molecule has 2 aromatic carbocycles. The number of anilines is 2. The maximum Gasteiger partial charge on any atom is 0.253 e. The van der Waals surface area contributed by atoms with Crippen LogP contribution in [0.5, 0.6) is 0 Å². The molecular formula is C23H24Cl2N4O3. The molecule has 9 heteroatoms. The number of hydrogen-bond acceptors (Lipinski definition) is 4. The summed E-state index contributed by atoms with van der Waals surface area (Å²) in [5, 5.41) is 7.00. The van der Waals surface area contributed by atoms with Gasteiger partial charge in [0.05, 0.1) is 23.8 Å². The first kappa shape index (κ1) is 22.6. The van der Waals surface area contributed by atoms with Crippen LogP contribution in [0.15, 0.2) is 36.4 Å². The number of nitrogens with one attached hydrogen (secondary N) is 2. The van der Waals surface area contributed by atoms with E-state index in [0.717, 1.165) is 19.5 Å². The Morgan fingerprint density at radius 1 is 1.06 bits per heavy atom. The van der Waals surface area contributed by atoms with E-state index in [9.17, 15) is 14.4 Å². The van der Waals surface area contributed by atoms with Gasteiger partial charge in [0.1, 0.15) is 0 Å². The molecule has 2 aromatic rings. The molecule has 7 nitrogen and oxygen atoms in total. The van der Waals surface area contributed by atoms with Crippen LogP contribution in [0.2, 0.25) is 10.0 Å². The number of rotatable bonds is 2. The van der Waals surface area contributed by atoms with E-state index in [2.05, 4.69) is 10.6 Å². The second-order valence-electron chi connectivity index (χ2n) is 7.95. The molecule has 1 saturated heterocycles. The van der Waals surface area contributed by atoms with Crippen molar-refractivity contribution in [3.63, 3.8) is 0 Å². The molecule has 0 aromatic heterocycles. The molecule has 0 spiro atoms. The molecule has 2 N–H and O–H groups in total. The summed E-state index contributed by atoms with van der Waals surface area (Å²) < 4.78 is 0. The highest BCUT2D eigenvalue weighted by atomic mass is 35.5. The SMILES string of the molecule is CC(=O)N1c2ccc(C(=O)N3CCCNCC3)cc2NC(=O)CC1c1ccc(Cl)cc1Cl. The van der Waals surface area contributed by atoms with Gasteiger partial charge in [-0.1, -0.05) is 29.3 Å². The summed E-state index contributed by atoms with van der Waals surface area (Å²) in [7, 11) is 0. The van der Waals surface area contributed by atoms with Crippen molar-refractivity contribution in [1.82, 2.24) is 10.2 Å². The highest BCUT2D eigenvalue weighted by molar-refractivity contribution is 6.35. The van der Waals surface area contributed by atoms with Gasteiger partial charge in [-0.3, -0.25) is 14.4 Å². The van der Waals surface area contributed by atoms with E-state index in [1.165, 1.54) is 6.92 Å². The van der Waals surface area contributed by atoms with Gasteiger partial charge in [-0.15, -0.1) is 0 Å². The van der Waals surface area contributed by atoms with Gasteiger partial charge in [-0.25, -0.2) is 0 Å². The van der Waals surface area contributed by atoms with Crippen molar-refractivity contribution in [3.8, 4) is 0 Å². The lowest BCUT2D eigenvalue weighted by Gasteiger charge is -2.30. The molecule has 1 unspecified atom stereocenters. The maximum atomic E-state index is 13.1. The summed E-state index contributed by atoms with van der Waals surface area (Å²) in [5.41, 5.74) is 2.05. The van der Waals surface area contributed by atoms with E-state index in [-0.39, 0.29) is 24.1 Å². The summed E-state index contributed by atoms with van der Waals surface area (Å²) in [6.45, 7) is 4.37. The Kier molecular flexibility index (Phi) is 6.69. The molecule has 3 amide bonds. The minimum absolute atomic E-state index is 0.0245. The molecule has 4 rings (SSSR count). The average Bonchev–Trinajstić information content (AvgIpc) is 3.09. The standard InChI is InChI=1S/C23H24Cl2N4O3/c1-14(30)29-20-6-3-15(23(32)28-9-2-7-26-8-10-28)11-19(20)27-22(31)13-21(29)17-5-4-16(24)12-18(17)25/h3-6,11-12,21,26H,2,7-10,13H2,1H3,(H,27,31). The zero-order valence-electron chi connectivity index (χ0n) is 17.7. The van der Waals surface area contributed by atoms with Crippen molar-refractivity contribution in [3.05, 3.63) is 57.6 Å². The molecule has 0 radical (unpaired) electrons. The van der Waals surface area contributed by atoms with E-state index in [0.29, 0.717) is 45.6 Å². The summed E-state index contributed by atoms with van der Waals surface area (Å²) in [6.07, 6.45) is 0.908. The molecule has 0 saturated carbocycles. The van der Waals surface area contributed by atoms with Gasteiger partial charge >= 0.3 is 0 Å². The van der Waals surface area contributed by atoms with Crippen LogP contribution in [0.4, 0.5) is 11.4 Å². The molecule has 0 aliphatic carbocycles. The Labute approximate surface area is 196 Å². The van der Waals surface area contributed by atoms with E-state index < -0.39 is 6.04 Å². The zero-order valence-corrected chi connectivity index (χ0v) is 19.2. The topological polar surface area (TPSA) is 81.8 Å². The third kappa shape index (κ3) is 4.60. The number of carbonyl (C=O) groups is 3. The fourth-order valence-electron chi connectivity index (χ4n) is 4.26. The number of benzene rings is 2. The van der Waals surface area contributed by atoms with Gasteiger partial charge in [-0.05, 0) is 48.9 Å². The Hall–Kier alpha value is -2.61. The first-order valence-corrected chi connectivity index (χ1v) is 11.3. The van der Waals surface area contributed by atoms with Crippen LogP contribution in [0, 0.1) is 0 Å². The van der Waals surface area contributed by atoms with Gasteiger partial charge in [-0.2, -0.15) is 0 Å². The Morgan fingerprint density at radius 3 is 2.62 bits per heavy atom. The average molecular weight is 475 g/mol. The van der Waals surface area contributed by atoms with Gasteiger partial charge in [0.25, 0.3) is 5.91 Å². The van der Waals surface area contributed by atoms with Crippen LogP contribution in [0.1, 0.15) is 41.7 Å². The van der Waals surface area contributed by atoms with Crippen LogP contribution in [0.25, 0.3) is 0 Å². The molecular weight excluding hydrogens is 451 g/mol. The van der Waals surface area contributed by atoms with Crippen LogP contribution < -0.4 is 15.5 Å². The van der Waals surface area contributed by atoms with Gasteiger partial charge < -0.3 is 20.4 Å². The predicted octanol–water partition coefficient (Wildman–Crippen LogP) is 3.87. The summed E-state index contributed by atoms with van der Waals surface area (Å²) >= 11 is 12.5. The third-order valence-electron chi connectivity index (χ3n) is 5.76. The van der Waals surface area contributed by atoms with E-state index in [4.69, 9.17) is 23.2 Å². The summed E-state index contributed by atoms with van der Waals surface area (Å²) in [5.74, 6) is -0.604. The molecule has 168 valence electrons. The highest BCUT2D eigenvalue weighted by Gasteiger charge is 2.33. The highest BCUT2D eigenvalue weighted by Crippen LogP contribution is 2.41. The van der Waals surface area contributed by atoms with Gasteiger partial charge in [0.15, 0.2) is 0 Å². The second-order valence-corrected chi connectivity index (χ2v) is 8.79. The molecule has 0 bridgehead atoms. The number of halogens is 2. The van der Waals surface area contributed by atoms with Crippen molar-refractivity contribution in [1.29, 1.82) is 0 Å². The minimum atomic E-state index is -0.600. The van der Waals surface area contributed by atoms with E-state index in [1.54, 1.807) is 46.2 Å². The van der Waals surface area contributed by atoms with Gasteiger partial charge in [0, 0.05) is 42.2 Å². The van der Waals surface area contributed by atoms with Crippen LogP contribution in [-0.4, -0.2) is 48.8 Å². The molecule has 2 aliphatic rings. The van der Waals surface area contributed by atoms with E-state index >= 15 is 0 Å². The lowest BCUT2D eigenvalue weighted by molar-refractivity contribution is -0.118. The largest absolute Gasteiger partial charge is 0.337 e. The second kappa shape index (κ2) is 9.48. The van der Waals surface area contributed by atoms with Crippen molar-refractivity contribution in [2.24, 2.45) is 0 Å². The number of hydrogen-bond donors (Lipinski definition) is 2. The molecule has 2 aliphatic heterocycles. The summed E-state index contributed by atoms with van der Waals surface area (Å²) in [6, 6.07) is 9.47. The number of carbonyl (C=O) groups excluding carboxylic acids is 3. The van der Waals surface area contributed by atoms with Crippen molar-refractivity contribution in [2.75, 3.05) is 36.4 Å². The quantitative estimate of drug-likeness (QED) is 0.691. The molecule has 2 heterocycles. The fraction of sp³-hybridized carbons (Fsp3) is 0.348. The number of fused-ring (bicyclic) bond motifs is 1. The van der Waals surface area contributed by atoms with Crippen LogP contribution in [-0.2, 0) is 9.59 Å². The lowest BCUT2D eigenvalue weighted by Crippen LogP contribution is -2.34. The smallest absolute Gasteiger partial charge is 0.253 e. The third-order valence-corrected chi connectivity index (χ3v) is 6.32. The Balaban J connectivity index is 1.73. The summed E-state index contributed by atoms with van der Waals surface area (Å²) in [4.78, 5) is 41.9. The van der Waals surface area contributed by atoms with Crippen LogP contribution >= 0.6 is 23.2 Å². The minimum Gasteiger partial charge on any atom is -0.337 e. The Bertz CT molecular complexity index is 1070. The molecule has 1 atom stereocenters. The van der Waals surface area contributed by atoms with Crippen molar-refractivity contribution in [2.45, 2.75) is 25.8 Å². The van der Waals surface area contributed by atoms with Gasteiger partial charge in [0.2, 0.25) is 11.8 Å². The first-order chi connectivity index (χ1) is 15.3. The van der Waals surface area contributed by atoms with Crippen molar-refractivity contribution >= 4 is 52.3 Å². The maximum absolute atomic E-state index is 13.1. The number of amides is 3. The zero-order chi connectivity index (χ0) is 22.8. The normalized spacial score (nSPS) is 19.0. The van der Waals surface area contributed by atoms with E-state index in [1.807, 2.05) is 0 Å². The van der Waals surface area contributed by atoms with Crippen LogP contribution in [0.3, 0.4) is 0 Å². The van der Waals surface area contributed by atoms with Crippen molar-refractivity contribution < 1.29 is 14.4 Å². The predicted molar refractivity (Wildman–Crippen MR) is 125 cm³/mol.